The maximum absolute atomic E-state index is 4.17. The summed E-state index contributed by atoms with van der Waals surface area (Å²) in [5.74, 6) is 0.742. The summed E-state index contributed by atoms with van der Waals surface area (Å²) in [4.78, 5) is 6.74. The molecule has 1 aliphatic heterocycles. The summed E-state index contributed by atoms with van der Waals surface area (Å²) in [6.45, 7) is 5.61. The summed E-state index contributed by atoms with van der Waals surface area (Å²) >= 11 is 0. The molecule has 2 aromatic rings. The van der Waals surface area contributed by atoms with Gasteiger partial charge >= 0.3 is 0 Å². The Morgan fingerprint density at radius 3 is 2.55 bits per heavy atom. The molecule has 2 heteroatoms. The van der Waals surface area contributed by atoms with Crippen molar-refractivity contribution >= 4 is 0 Å². The van der Waals surface area contributed by atoms with Crippen molar-refractivity contribution in [1.82, 2.24) is 9.88 Å². The Bertz CT molecular complexity index is 542. The summed E-state index contributed by atoms with van der Waals surface area (Å²) in [6, 6.07) is 13.1. The quantitative estimate of drug-likeness (QED) is 0.840. The number of piperidine rings is 1. The van der Waals surface area contributed by atoms with Crippen LogP contribution in [0.5, 0.6) is 0 Å². The minimum absolute atomic E-state index is 0.742. The topological polar surface area (TPSA) is 16.1 Å². The normalized spacial score (nSPS) is 17.2. The zero-order valence-corrected chi connectivity index (χ0v) is 12.1. The standard InChI is InChI=1S/C18H22N2/c1-15-13-19-10-7-18(15)14-20-11-8-17(9-12-20)16-5-3-2-4-6-16/h2-7,10,13,17H,8-9,11-12,14H2,1H3. The molecule has 0 amide bonds. The molecule has 1 saturated heterocycles. The molecular weight excluding hydrogens is 244 g/mol. The van der Waals surface area contributed by atoms with Crippen molar-refractivity contribution < 1.29 is 0 Å². The second-order valence-electron chi connectivity index (χ2n) is 5.76. The van der Waals surface area contributed by atoms with Crippen LogP contribution in [0.15, 0.2) is 48.8 Å². The highest BCUT2D eigenvalue weighted by atomic mass is 15.1. The number of hydrogen-bond donors (Lipinski definition) is 0. The van der Waals surface area contributed by atoms with Crippen molar-refractivity contribution in [1.29, 1.82) is 0 Å². The lowest BCUT2D eigenvalue weighted by molar-refractivity contribution is 0.204. The van der Waals surface area contributed by atoms with Crippen LogP contribution < -0.4 is 0 Å². The first kappa shape index (κ1) is 13.3. The molecule has 0 atom stereocenters. The summed E-state index contributed by atoms with van der Waals surface area (Å²) in [5.41, 5.74) is 4.23. The predicted molar refractivity (Wildman–Crippen MR) is 82.7 cm³/mol. The van der Waals surface area contributed by atoms with E-state index in [0.717, 1.165) is 12.5 Å². The average Bonchev–Trinajstić information content (AvgIpc) is 2.51. The Balaban J connectivity index is 1.58. The van der Waals surface area contributed by atoms with E-state index in [-0.39, 0.29) is 0 Å². The lowest BCUT2D eigenvalue weighted by Gasteiger charge is -2.32. The van der Waals surface area contributed by atoms with Gasteiger partial charge in [-0.2, -0.15) is 0 Å². The number of aromatic nitrogens is 1. The van der Waals surface area contributed by atoms with Gasteiger partial charge in [0.05, 0.1) is 0 Å². The molecule has 0 saturated carbocycles. The summed E-state index contributed by atoms with van der Waals surface area (Å²) < 4.78 is 0. The molecule has 1 aromatic heterocycles. The molecule has 0 radical (unpaired) electrons. The van der Waals surface area contributed by atoms with Crippen LogP contribution in [-0.4, -0.2) is 23.0 Å². The molecule has 2 nitrogen and oxygen atoms in total. The number of rotatable bonds is 3. The zero-order valence-electron chi connectivity index (χ0n) is 12.1. The number of pyridine rings is 1. The van der Waals surface area contributed by atoms with Gasteiger partial charge in [0.25, 0.3) is 0 Å². The maximum atomic E-state index is 4.17. The molecule has 0 bridgehead atoms. The highest BCUT2D eigenvalue weighted by Gasteiger charge is 2.20. The van der Waals surface area contributed by atoms with Crippen LogP contribution in [0.1, 0.15) is 35.4 Å². The van der Waals surface area contributed by atoms with Crippen molar-refractivity contribution in [3.8, 4) is 0 Å². The van der Waals surface area contributed by atoms with Crippen LogP contribution in [0, 0.1) is 6.92 Å². The van der Waals surface area contributed by atoms with E-state index in [1.807, 2.05) is 12.4 Å². The molecule has 0 spiro atoms. The molecule has 3 rings (SSSR count). The third kappa shape index (κ3) is 3.07. The number of benzene rings is 1. The molecule has 2 heterocycles. The third-order valence-corrected chi connectivity index (χ3v) is 4.39. The van der Waals surface area contributed by atoms with Crippen molar-refractivity contribution in [3.63, 3.8) is 0 Å². The summed E-state index contributed by atoms with van der Waals surface area (Å²) in [5, 5.41) is 0. The van der Waals surface area contributed by atoms with Gasteiger partial charge in [-0.25, -0.2) is 0 Å². The molecule has 1 aromatic carbocycles. The van der Waals surface area contributed by atoms with E-state index in [9.17, 15) is 0 Å². The fraction of sp³-hybridized carbons (Fsp3) is 0.389. The van der Waals surface area contributed by atoms with Gasteiger partial charge in [-0.3, -0.25) is 9.88 Å². The van der Waals surface area contributed by atoms with Crippen molar-refractivity contribution in [2.45, 2.75) is 32.2 Å². The Kier molecular flexibility index (Phi) is 4.12. The highest BCUT2D eigenvalue weighted by Crippen LogP contribution is 2.28. The van der Waals surface area contributed by atoms with Gasteiger partial charge in [0.1, 0.15) is 0 Å². The molecule has 1 aliphatic rings. The van der Waals surface area contributed by atoms with E-state index in [1.54, 1.807) is 0 Å². The average molecular weight is 266 g/mol. The van der Waals surface area contributed by atoms with Gasteiger partial charge < -0.3 is 0 Å². The molecule has 20 heavy (non-hydrogen) atoms. The number of hydrogen-bond acceptors (Lipinski definition) is 2. The van der Waals surface area contributed by atoms with Crippen LogP contribution in [0.25, 0.3) is 0 Å². The first-order valence-corrected chi connectivity index (χ1v) is 7.50. The highest BCUT2D eigenvalue weighted by molar-refractivity contribution is 5.22. The van der Waals surface area contributed by atoms with E-state index >= 15 is 0 Å². The van der Waals surface area contributed by atoms with Crippen molar-refractivity contribution in [3.05, 3.63) is 65.5 Å². The molecule has 1 fully saturated rings. The van der Waals surface area contributed by atoms with Crippen molar-refractivity contribution in [2.75, 3.05) is 13.1 Å². The van der Waals surface area contributed by atoms with Crippen LogP contribution >= 0.6 is 0 Å². The van der Waals surface area contributed by atoms with E-state index in [4.69, 9.17) is 0 Å². The van der Waals surface area contributed by atoms with E-state index in [0.29, 0.717) is 0 Å². The molecular formula is C18H22N2. The van der Waals surface area contributed by atoms with E-state index < -0.39 is 0 Å². The smallest absolute Gasteiger partial charge is 0.0300 e. The second-order valence-corrected chi connectivity index (χ2v) is 5.76. The summed E-state index contributed by atoms with van der Waals surface area (Å²) in [7, 11) is 0. The van der Waals surface area contributed by atoms with Gasteiger partial charge in [-0.1, -0.05) is 30.3 Å². The van der Waals surface area contributed by atoms with Crippen LogP contribution in [0.2, 0.25) is 0 Å². The first-order chi connectivity index (χ1) is 9.83. The van der Waals surface area contributed by atoms with Gasteiger partial charge in [0, 0.05) is 18.9 Å². The van der Waals surface area contributed by atoms with Crippen LogP contribution in [-0.2, 0) is 6.54 Å². The van der Waals surface area contributed by atoms with Gasteiger partial charge in [0.2, 0.25) is 0 Å². The predicted octanol–water partition coefficient (Wildman–Crippen LogP) is 3.77. The third-order valence-electron chi connectivity index (χ3n) is 4.39. The number of likely N-dealkylation sites (tertiary alicyclic amines) is 1. The van der Waals surface area contributed by atoms with Crippen LogP contribution in [0.3, 0.4) is 0 Å². The van der Waals surface area contributed by atoms with Gasteiger partial charge in [0.15, 0.2) is 0 Å². The SMILES string of the molecule is Cc1cnccc1CN1CCC(c2ccccc2)CC1. The monoisotopic (exact) mass is 266 g/mol. The molecule has 0 unspecified atom stereocenters. The fourth-order valence-corrected chi connectivity index (χ4v) is 3.07. The lowest BCUT2D eigenvalue weighted by atomic mass is 9.89. The molecule has 104 valence electrons. The second kappa shape index (κ2) is 6.19. The number of nitrogens with zero attached hydrogens (tertiary/aromatic N) is 2. The van der Waals surface area contributed by atoms with Crippen molar-refractivity contribution in [2.24, 2.45) is 0 Å². The minimum atomic E-state index is 0.742. The van der Waals surface area contributed by atoms with Gasteiger partial charge in [-0.15, -0.1) is 0 Å². The first-order valence-electron chi connectivity index (χ1n) is 7.50. The van der Waals surface area contributed by atoms with Crippen LogP contribution in [0.4, 0.5) is 0 Å². The Morgan fingerprint density at radius 2 is 1.85 bits per heavy atom. The largest absolute Gasteiger partial charge is 0.299 e. The minimum Gasteiger partial charge on any atom is -0.299 e. The zero-order chi connectivity index (χ0) is 13.8. The van der Waals surface area contributed by atoms with Gasteiger partial charge in [-0.05, 0) is 61.5 Å². The fourth-order valence-electron chi connectivity index (χ4n) is 3.07. The van der Waals surface area contributed by atoms with E-state index in [1.165, 1.54) is 42.6 Å². The van der Waals surface area contributed by atoms with E-state index in [2.05, 4.69) is 53.2 Å². The molecule has 0 aliphatic carbocycles. The molecule has 0 N–H and O–H groups in total. The Hall–Kier alpha value is -1.67. The lowest BCUT2D eigenvalue weighted by Crippen LogP contribution is -2.32. The number of aryl methyl sites for hydroxylation is 1. The summed E-state index contributed by atoms with van der Waals surface area (Å²) in [6.07, 6.45) is 6.41. The Morgan fingerprint density at radius 1 is 1.10 bits per heavy atom. The Labute approximate surface area is 121 Å². The maximum Gasteiger partial charge on any atom is 0.0300 e.